The molecule has 0 aromatic carbocycles. The Morgan fingerprint density at radius 1 is 1.17 bits per heavy atom. The second kappa shape index (κ2) is 3.18. The van der Waals surface area contributed by atoms with Crippen LogP contribution in [0.25, 0.3) is 0 Å². The summed E-state index contributed by atoms with van der Waals surface area (Å²) in [5.74, 6) is 0. The van der Waals surface area contributed by atoms with Gasteiger partial charge in [-0.2, -0.15) is 0 Å². The molecule has 0 aliphatic rings. The SMILES string of the molecule is O=c1[nH]c(=O)n(CCO)c(=O)[nH]1. The normalized spacial score (nSPS) is 10.1. The van der Waals surface area contributed by atoms with E-state index in [1.807, 2.05) is 9.97 Å². The zero-order valence-corrected chi connectivity index (χ0v) is 6.03. The molecule has 1 rings (SSSR count). The molecule has 0 atom stereocenters. The highest BCUT2D eigenvalue weighted by Gasteiger charge is 1.99. The van der Waals surface area contributed by atoms with E-state index in [0.717, 1.165) is 0 Å². The molecular weight excluding hydrogens is 166 g/mol. The Hall–Kier alpha value is -1.63. The van der Waals surface area contributed by atoms with Crippen LogP contribution in [0.5, 0.6) is 0 Å². The minimum Gasteiger partial charge on any atom is -0.395 e. The number of aliphatic hydroxyl groups is 1. The van der Waals surface area contributed by atoms with Crippen molar-refractivity contribution in [2.45, 2.75) is 6.54 Å². The van der Waals surface area contributed by atoms with Crippen LogP contribution in [0.4, 0.5) is 0 Å². The number of nitrogens with zero attached hydrogens (tertiary/aromatic N) is 1. The van der Waals surface area contributed by atoms with E-state index in [4.69, 9.17) is 5.11 Å². The number of H-pyrrole nitrogens is 2. The first-order valence-electron chi connectivity index (χ1n) is 3.19. The second-order valence-corrected chi connectivity index (χ2v) is 2.06. The number of aromatic amines is 2. The van der Waals surface area contributed by atoms with Crippen LogP contribution in [-0.4, -0.2) is 26.2 Å². The second-order valence-electron chi connectivity index (χ2n) is 2.06. The van der Waals surface area contributed by atoms with Crippen molar-refractivity contribution in [1.29, 1.82) is 0 Å². The van der Waals surface area contributed by atoms with Crippen molar-refractivity contribution in [3.05, 3.63) is 31.5 Å². The molecule has 12 heavy (non-hydrogen) atoms. The van der Waals surface area contributed by atoms with Gasteiger partial charge in [0.05, 0.1) is 13.2 Å². The molecule has 3 N–H and O–H groups in total. The van der Waals surface area contributed by atoms with Crippen LogP contribution in [0.3, 0.4) is 0 Å². The van der Waals surface area contributed by atoms with Crippen molar-refractivity contribution >= 4 is 0 Å². The van der Waals surface area contributed by atoms with Gasteiger partial charge in [-0.3, -0.25) is 9.97 Å². The Morgan fingerprint density at radius 2 is 1.67 bits per heavy atom. The van der Waals surface area contributed by atoms with Crippen molar-refractivity contribution in [3.63, 3.8) is 0 Å². The van der Waals surface area contributed by atoms with Crippen molar-refractivity contribution in [2.24, 2.45) is 0 Å². The minimum absolute atomic E-state index is 0.134. The maximum Gasteiger partial charge on any atom is 0.333 e. The first-order chi connectivity index (χ1) is 5.65. The van der Waals surface area contributed by atoms with Gasteiger partial charge in [-0.15, -0.1) is 0 Å². The number of hydrogen-bond acceptors (Lipinski definition) is 4. The lowest BCUT2D eigenvalue weighted by Crippen LogP contribution is -2.43. The van der Waals surface area contributed by atoms with Gasteiger partial charge in [-0.05, 0) is 0 Å². The smallest absolute Gasteiger partial charge is 0.333 e. The summed E-state index contributed by atoms with van der Waals surface area (Å²) in [6, 6.07) is 0. The van der Waals surface area contributed by atoms with Crippen molar-refractivity contribution < 1.29 is 5.11 Å². The monoisotopic (exact) mass is 173 g/mol. The maximum absolute atomic E-state index is 10.8. The fourth-order valence-corrected chi connectivity index (χ4v) is 0.756. The topological polar surface area (TPSA) is 108 Å². The van der Waals surface area contributed by atoms with Crippen molar-refractivity contribution in [1.82, 2.24) is 14.5 Å². The van der Waals surface area contributed by atoms with Crippen molar-refractivity contribution in [2.75, 3.05) is 6.61 Å². The highest BCUT2D eigenvalue weighted by atomic mass is 16.3. The first-order valence-corrected chi connectivity index (χ1v) is 3.19. The lowest BCUT2D eigenvalue weighted by Gasteiger charge is -1.97. The van der Waals surface area contributed by atoms with Gasteiger partial charge in [0.1, 0.15) is 0 Å². The minimum atomic E-state index is -0.848. The van der Waals surface area contributed by atoms with Gasteiger partial charge in [0.2, 0.25) is 0 Å². The quantitative estimate of drug-likeness (QED) is 0.449. The van der Waals surface area contributed by atoms with E-state index in [2.05, 4.69) is 0 Å². The molecule has 0 aliphatic heterocycles. The van der Waals surface area contributed by atoms with Crippen molar-refractivity contribution in [3.8, 4) is 0 Å². The lowest BCUT2D eigenvalue weighted by atomic mass is 10.7. The molecule has 1 aromatic rings. The van der Waals surface area contributed by atoms with Crippen LogP contribution in [-0.2, 0) is 6.54 Å². The van der Waals surface area contributed by atoms with Gasteiger partial charge in [-0.1, -0.05) is 0 Å². The van der Waals surface area contributed by atoms with Gasteiger partial charge in [-0.25, -0.2) is 19.0 Å². The standard InChI is InChI=1S/C5H7N3O4/c9-2-1-8-4(11)6-3(10)7-5(8)12/h9H,1-2H2,(H2,6,7,10,11,12). The molecule has 0 unspecified atom stereocenters. The molecule has 0 radical (unpaired) electrons. The van der Waals surface area contributed by atoms with Gasteiger partial charge in [0.15, 0.2) is 0 Å². The predicted molar refractivity (Wildman–Crippen MR) is 39.0 cm³/mol. The van der Waals surface area contributed by atoms with Gasteiger partial charge < -0.3 is 5.11 Å². The lowest BCUT2D eigenvalue weighted by molar-refractivity contribution is 0.270. The molecule has 0 aliphatic carbocycles. The van der Waals surface area contributed by atoms with Gasteiger partial charge in [0, 0.05) is 0 Å². The molecule has 0 fully saturated rings. The molecule has 66 valence electrons. The first kappa shape index (κ1) is 8.47. The number of aromatic nitrogens is 3. The molecule has 0 saturated heterocycles. The van der Waals surface area contributed by atoms with E-state index in [0.29, 0.717) is 4.57 Å². The summed E-state index contributed by atoms with van der Waals surface area (Å²) in [5, 5.41) is 8.43. The fourth-order valence-electron chi connectivity index (χ4n) is 0.756. The average molecular weight is 173 g/mol. The van der Waals surface area contributed by atoms with E-state index in [-0.39, 0.29) is 13.2 Å². The maximum atomic E-state index is 10.8. The molecule has 1 heterocycles. The molecule has 7 heteroatoms. The van der Waals surface area contributed by atoms with Gasteiger partial charge in [0.25, 0.3) is 0 Å². The Bertz CT molecular complexity index is 391. The Labute approximate surface area is 65.3 Å². The Kier molecular flexibility index (Phi) is 2.24. The Balaban J connectivity index is 3.39. The highest BCUT2D eigenvalue weighted by molar-refractivity contribution is 4.68. The molecule has 1 aromatic heterocycles. The van der Waals surface area contributed by atoms with E-state index in [1.165, 1.54) is 0 Å². The van der Waals surface area contributed by atoms with Crippen LogP contribution in [0, 0.1) is 0 Å². The summed E-state index contributed by atoms with van der Waals surface area (Å²) in [6.45, 7) is -0.472. The molecule has 0 spiro atoms. The molecule has 0 amide bonds. The average Bonchev–Trinajstić information content (AvgIpc) is 1.96. The van der Waals surface area contributed by atoms with Crippen LogP contribution in [0.15, 0.2) is 14.4 Å². The number of aliphatic hydroxyl groups excluding tert-OH is 1. The number of hydrogen-bond donors (Lipinski definition) is 3. The third kappa shape index (κ3) is 1.51. The third-order valence-electron chi connectivity index (χ3n) is 1.25. The van der Waals surface area contributed by atoms with Crippen LogP contribution < -0.4 is 17.1 Å². The summed E-state index contributed by atoms with van der Waals surface area (Å²) < 4.78 is 0.696. The summed E-state index contributed by atoms with van der Waals surface area (Å²) in [5.41, 5.74) is -2.49. The van der Waals surface area contributed by atoms with E-state index >= 15 is 0 Å². The van der Waals surface area contributed by atoms with Crippen LogP contribution in [0.2, 0.25) is 0 Å². The summed E-state index contributed by atoms with van der Waals surface area (Å²) in [6.07, 6.45) is 0. The molecule has 7 nitrogen and oxygen atoms in total. The van der Waals surface area contributed by atoms with E-state index in [1.54, 1.807) is 0 Å². The fraction of sp³-hybridized carbons (Fsp3) is 0.400. The zero-order chi connectivity index (χ0) is 9.14. The zero-order valence-electron chi connectivity index (χ0n) is 6.03. The summed E-state index contributed by atoms with van der Waals surface area (Å²) in [7, 11) is 0. The number of rotatable bonds is 2. The number of nitrogens with one attached hydrogen (secondary N) is 2. The van der Waals surface area contributed by atoms with Gasteiger partial charge >= 0.3 is 17.1 Å². The Morgan fingerprint density at radius 3 is 2.08 bits per heavy atom. The largest absolute Gasteiger partial charge is 0.395 e. The molecular formula is C5H7N3O4. The molecule has 0 saturated carbocycles. The molecule has 0 bridgehead atoms. The van der Waals surface area contributed by atoms with Crippen LogP contribution in [0.1, 0.15) is 0 Å². The predicted octanol–water partition coefficient (Wildman–Crippen LogP) is -2.78. The van der Waals surface area contributed by atoms with E-state index in [9.17, 15) is 14.4 Å². The van der Waals surface area contributed by atoms with E-state index < -0.39 is 17.1 Å². The summed E-state index contributed by atoms with van der Waals surface area (Å²) >= 11 is 0. The van der Waals surface area contributed by atoms with Crippen LogP contribution >= 0.6 is 0 Å². The summed E-state index contributed by atoms with van der Waals surface area (Å²) in [4.78, 5) is 35.8. The highest BCUT2D eigenvalue weighted by Crippen LogP contribution is 1.63. The third-order valence-corrected chi connectivity index (χ3v) is 1.25.